The lowest BCUT2D eigenvalue weighted by molar-refractivity contribution is -0.138. The van der Waals surface area contributed by atoms with E-state index in [1.807, 2.05) is 0 Å². The predicted octanol–water partition coefficient (Wildman–Crippen LogP) is 6.89. The molecule has 0 unspecified atom stereocenters. The van der Waals surface area contributed by atoms with Gasteiger partial charge in [0.25, 0.3) is 5.91 Å². The van der Waals surface area contributed by atoms with E-state index in [2.05, 4.69) is 5.32 Å². The van der Waals surface area contributed by atoms with E-state index in [1.165, 1.54) is 29.2 Å². The number of rotatable bonds is 3. The Balaban J connectivity index is 1.74. The zero-order valence-electron chi connectivity index (χ0n) is 16.6. The second-order valence-electron chi connectivity index (χ2n) is 7.58. The summed E-state index contributed by atoms with van der Waals surface area (Å²) in [5.41, 5.74) is -0.497. The summed E-state index contributed by atoms with van der Waals surface area (Å²) >= 11 is 0. The fourth-order valence-corrected chi connectivity index (χ4v) is 3.89. The molecule has 3 nitrogen and oxygen atoms in total. The van der Waals surface area contributed by atoms with Gasteiger partial charge in [-0.3, -0.25) is 9.69 Å². The Morgan fingerprint density at radius 3 is 2.19 bits per heavy atom. The van der Waals surface area contributed by atoms with Crippen LogP contribution in [0.15, 0.2) is 71.6 Å². The first kappa shape index (κ1) is 22.0. The summed E-state index contributed by atoms with van der Waals surface area (Å²) in [6, 6.07) is 8.90. The van der Waals surface area contributed by atoms with Crippen LogP contribution in [0.2, 0.25) is 0 Å². The lowest BCUT2D eigenvalue weighted by Crippen LogP contribution is -2.27. The number of nitrogens with zero attached hydrogens (tertiary/aromatic N) is 1. The van der Waals surface area contributed by atoms with Gasteiger partial charge in [0.15, 0.2) is 0 Å². The maximum atomic E-state index is 13.3. The van der Waals surface area contributed by atoms with E-state index in [9.17, 15) is 31.1 Å². The number of halogens is 6. The highest BCUT2D eigenvalue weighted by atomic mass is 19.4. The molecule has 4 rings (SSSR count). The number of carbonyl (C=O) groups is 1. The summed E-state index contributed by atoms with van der Waals surface area (Å²) in [7, 11) is 0. The Morgan fingerprint density at radius 1 is 0.844 bits per heavy atom. The zero-order valence-corrected chi connectivity index (χ0v) is 16.6. The molecule has 168 valence electrons. The summed E-state index contributed by atoms with van der Waals surface area (Å²) in [6.07, 6.45) is -4.64. The summed E-state index contributed by atoms with van der Waals surface area (Å²) in [5.74, 6) is -0.607. The van der Waals surface area contributed by atoms with E-state index in [0.29, 0.717) is 24.1 Å². The average molecular weight is 452 g/mol. The Kier molecular flexibility index (Phi) is 5.52. The normalized spacial score (nSPS) is 17.2. The largest absolute Gasteiger partial charge is 0.416 e. The van der Waals surface area contributed by atoms with Crippen LogP contribution in [-0.2, 0) is 17.1 Å². The van der Waals surface area contributed by atoms with Crippen molar-refractivity contribution in [2.45, 2.75) is 38.0 Å². The lowest BCUT2D eigenvalue weighted by atomic mass is 10.1. The fourth-order valence-electron chi connectivity index (χ4n) is 3.89. The zero-order chi connectivity index (χ0) is 23.1. The molecule has 1 aliphatic carbocycles. The molecule has 1 amide bonds. The minimum absolute atomic E-state index is 0.0521. The van der Waals surface area contributed by atoms with Crippen LogP contribution in [0.25, 0.3) is 0 Å². The number of hydrogen-bond donors (Lipinski definition) is 1. The maximum Gasteiger partial charge on any atom is 0.416 e. The number of fused-ring (bicyclic) bond motifs is 1. The van der Waals surface area contributed by atoms with Crippen molar-refractivity contribution in [3.8, 4) is 0 Å². The summed E-state index contributed by atoms with van der Waals surface area (Å²) in [6.45, 7) is 0. The van der Waals surface area contributed by atoms with Crippen LogP contribution in [0, 0.1) is 0 Å². The second-order valence-corrected chi connectivity index (χ2v) is 7.58. The lowest BCUT2D eigenvalue weighted by Gasteiger charge is -2.21. The van der Waals surface area contributed by atoms with Gasteiger partial charge in [-0.05, 0) is 62.1 Å². The van der Waals surface area contributed by atoms with Crippen LogP contribution in [-0.4, -0.2) is 5.91 Å². The highest BCUT2D eigenvalue weighted by molar-refractivity contribution is 6.15. The molecule has 0 atom stereocenters. The Bertz CT molecular complexity index is 1110. The molecule has 2 aliphatic rings. The van der Waals surface area contributed by atoms with Gasteiger partial charge in [0.2, 0.25) is 0 Å². The van der Waals surface area contributed by atoms with Gasteiger partial charge in [-0.1, -0.05) is 18.2 Å². The van der Waals surface area contributed by atoms with Gasteiger partial charge in [0.1, 0.15) is 5.70 Å². The number of anilines is 2. The molecule has 2 aromatic rings. The summed E-state index contributed by atoms with van der Waals surface area (Å²) in [5, 5.41) is 2.80. The minimum Gasteiger partial charge on any atom is -0.351 e. The molecule has 0 fully saturated rings. The number of alkyl halides is 6. The summed E-state index contributed by atoms with van der Waals surface area (Å²) in [4.78, 5) is 14.5. The van der Waals surface area contributed by atoms with Crippen molar-refractivity contribution in [1.82, 2.24) is 0 Å². The molecule has 0 saturated heterocycles. The third kappa shape index (κ3) is 4.24. The van der Waals surface area contributed by atoms with Crippen molar-refractivity contribution in [3.63, 3.8) is 0 Å². The highest BCUT2D eigenvalue weighted by Crippen LogP contribution is 2.41. The number of hydrogen-bond acceptors (Lipinski definition) is 2. The molecule has 1 N–H and O–H groups in total. The van der Waals surface area contributed by atoms with Crippen molar-refractivity contribution >= 4 is 17.3 Å². The van der Waals surface area contributed by atoms with Gasteiger partial charge in [0.05, 0.1) is 16.8 Å². The van der Waals surface area contributed by atoms with E-state index < -0.39 is 29.4 Å². The molecule has 32 heavy (non-hydrogen) atoms. The maximum absolute atomic E-state index is 13.3. The first-order valence-corrected chi connectivity index (χ1v) is 9.95. The molecule has 0 spiro atoms. The third-order valence-corrected chi connectivity index (χ3v) is 5.38. The van der Waals surface area contributed by atoms with E-state index in [-0.39, 0.29) is 17.1 Å². The van der Waals surface area contributed by atoms with Gasteiger partial charge in [0, 0.05) is 16.9 Å². The SMILES string of the molecule is O=C1C(Nc2cccc(C(F)(F)F)c2)=C2CCCCC=C2N1c1cccc(C(F)(F)F)c1. The van der Waals surface area contributed by atoms with E-state index in [1.54, 1.807) is 6.08 Å². The Labute approximate surface area is 180 Å². The molecular weight excluding hydrogens is 434 g/mol. The highest BCUT2D eigenvalue weighted by Gasteiger charge is 2.38. The predicted molar refractivity (Wildman–Crippen MR) is 108 cm³/mol. The monoisotopic (exact) mass is 452 g/mol. The number of nitrogens with one attached hydrogen (secondary N) is 1. The first-order chi connectivity index (χ1) is 15.1. The first-order valence-electron chi connectivity index (χ1n) is 9.95. The van der Waals surface area contributed by atoms with Gasteiger partial charge in [-0.2, -0.15) is 26.3 Å². The van der Waals surface area contributed by atoms with Crippen LogP contribution >= 0.6 is 0 Å². The molecule has 2 aromatic carbocycles. The second kappa shape index (κ2) is 8.03. The number of allylic oxidation sites excluding steroid dienone is 2. The van der Waals surface area contributed by atoms with E-state index in [4.69, 9.17) is 0 Å². The molecule has 0 radical (unpaired) electrons. The standard InChI is InChI=1S/C23H18F6N2O/c24-22(25,26)14-6-4-8-16(12-14)30-20-18-10-2-1-3-11-19(18)31(21(20)32)17-9-5-7-15(13-17)23(27,28)29/h4-9,11-13,30H,1-3,10H2. The molecule has 0 saturated carbocycles. The van der Waals surface area contributed by atoms with Crippen LogP contribution in [0.4, 0.5) is 37.7 Å². The molecule has 1 heterocycles. The van der Waals surface area contributed by atoms with Gasteiger partial charge in [-0.25, -0.2) is 0 Å². The topological polar surface area (TPSA) is 32.3 Å². The van der Waals surface area contributed by atoms with Crippen molar-refractivity contribution < 1.29 is 31.1 Å². The van der Waals surface area contributed by atoms with Gasteiger partial charge < -0.3 is 5.32 Å². The number of benzene rings is 2. The molecule has 1 aliphatic heterocycles. The molecule has 0 bridgehead atoms. The smallest absolute Gasteiger partial charge is 0.351 e. The average Bonchev–Trinajstić information content (AvgIpc) is 2.87. The third-order valence-electron chi connectivity index (χ3n) is 5.38. The van der Waals surface area contributed by atoms with Crippen molar-refractivity contribution in [2.24, 2.45) is 0 Å². The quantitative estimate of drug-likeness (QED) is 0.514. The minimum atomic E-state index is -4.58. The van der Waals surface area contributed by atoms with E-state index in [0.717, 1.165) is 37.1 Å². The number of amides is 1. The van der Waals surface area contributed by atoms with Gasteiger partial charge >= 0.3 is 12.4 Å². The van der Waals surface area contributed by atoms with Crippen molar-refractivity contribution in [1.29, 1.82) is 0 Å². The van der Waals surface area contributed by atoms with Crippen LogP contribution in [0.5, 0.6) is 0 Å². The summed E-state index contributed by atoms with van der Waals surface area (Å²) < 4.78 is 78.9. The molecule has 0 aromatic heterocycles. The van der Waals surface area contributed by atoms with Crippen molar-refractivity contribution in [2.75, 3.05) is 10.2 Å². The van der Waals surface area contributed by atoms with Gasteiger partial charge in [-0.15, -0.1) is 0 Å². The number of carbonyl (C=O) groups excluding carboxylic acids is 1. The fraction of sp³-hybridized carbons (Fsp3) is 0.261. The Hall–Kier alpha value is -3.23. The van der Waals surface area contributed by atoms with Crippen LogP contribution in [0.1, 0.15) is 36.8 Å². The Morgan fingerprint density at radius 2 is 1.50 bits per heavy atom. The van der Waals surface area contributed by atoms with Crippen molar-refractivity contribution in [3.05, 3.63) is 82.7 Å². The molecule has 9 heteroatoms. The van der Waals surface area contributed by atoms with E-state index >= 15 is 0 Å². The van der Waals surface area contributed by atoms with Crippen LogP contribution < -0.4 is 10.2 Å². The van der Waals surface area contributed by atoms with Crippen LogP contribution in [0.3, 0.4) is 0 Å². The molecular formula is C23H18F6N2O.